The number of fused-ring (bicyclic) bond motifs is 1. The standard InChI is InChI=1S/C25H26BrNO6/c1-13(2)18-11-20(26)15(5)8-22(18)31-12-23(28)32-17-7-6-16-9-19(24(29)27-14(3)4)25(30)33-21(16)10-17/h6-11,13-14H,12H2,1-5H3,(H,27,29). The smallest absolute Gasteiger partial charge is 0.349 e. The molecule has 33 heavy (non-hydrogen) atoms. The maximum atomic E-state index is 12.4. The van der Waals surface area contributed by atoms with E-state index in [1.54, 1.807) is 26.0 Å². The number of esters is 1. The predicted octanol–water partition coefficient (Wildman–Crippen LogP) is 5.11. The minimum atomic E-state index is -0.765. The maximum absolute atomic E-state index is 12.4. The van der Waals surface area contributed by atoms with Gasteiger partial charge in [-0.1, -0.05) is 29.8 Å². The van der Waals surface area contributed by atoms with Crippen LogP contribution in [-0.2, 0) is 4.79 Å². The Hall–Kier alpha value is -3.13. The molecular weight excluding hydrogens is 490 g/mol. The lowest BCUT2D eigenvalue weighted by Gasteiger charge is -2.15. The van der Waals surface area contributed by atoms with E-state index in [1.807, 2.05) is 32.9 Å². The summed E-state index contributed by atoms with van der Waals surface area (Å²) in [5.41, 5.74) is 1.33. The molecule has 1 heterocycles. The van der Waals surface area contributed by atoms with Gasteiger partial charge in [-0.05, 0) is 68.1 Å². The van der Waals surface area contributed by atoms with E-state index in [4.69, 9.17) is 13.9 Å². The molecule has 0 spiro atoms. The van der Waals surface area contributed by atoms with Crippen molar-refractivity contribution in [1.29, 1.82) is 0 Å². The first kappa shape index (κ1) is 24.5. The molecule has 3 aromatic rings. The Labute approximate surface area is 200 Å². The highest BCUT2D eigenvalue weighted by molar-refractivity contribution is 9.10. The van der Waals surface area contributed by atoms with E-state index in [0.29, 0.717) is 11.1 Å². The van der Waals surface area contributed by atoms with Crippen LogP contribution in [0.4, 0.5) is 0 Å². The molecule has 7 nitrogen and oxygen atoms in total. The fraction of sp³-hybridized carbons (Fsp3) is 0.320. The van der Waals surface area contributed by atoms with Gasteiger partial charge in [-0.2, -0.15) is 0 Å². The lowest BCUT2D eigenvalue weighted by Crippen LogP contribution is -2.33. The molecule has 0 aliphatic carbocycles. The van der Waals surface area contributed by atoms with Gasteiger partial charge in [-0.15, -0.1) is 0 Å². The summed E-state index contributed by atoms with van der Waals surface area (Å²) in [4.78, 5) is 36.8. The summed E-state index contributed by atoms with van der Waals surface area (Å²) in [5.74, 6) is -0.0602. The highest BCUT2D eigenvalue weighted by Crippen LogP contribution is 2.32. The van der Waals surface area contributed by atoms with Crippen molar-refractivity contribution in [3.05, 3.63) is 68.0 Å². The normalized spacial score (nSPS) is 11.2. The van der Waals surface area contributed by atoms with Crippen LogP contribution in [0.15, 0.2) is 50.1 Å². The summed E-state index contributed by atoms with van der Waals surface area (Å²) in [5, 5.41) is 3.20. The van der Waals surface area contributed by atoms with Crippen LogP contribution >= 0.6 is 15.9 Å². The summed E-state index contributed by atoms with van der Waals surface area (Å²) in [6, 6.07) is 9.82. The number of nitrogens with one attached hydrogen (secondary N) is 1. The average Bonchev–Trinajstić information content (AvgIpc) is 2.73. The maximum Gasteiger partial charge on any atom is 0.349 e. The van der Waals surface area contributed by atoms with Gasteiger partial charge in [-0.3, -0.25) is 4.79 Å². The van der Waals surface area contributed by atoms with Crippen LogP contribution in [0.2, 0.25) is 0 Å². The molecule has 1 N–H and O–H groups in total. The average molecular weight is 516 g/mol. The van der Waals surface area contributed by atoms with E-state index in [1.165, 1.54) is 12.1 Å². The first-order valence-electron chi connectivity index (χ1n) is 10.6. The molecule has 0 saturated carbocycles. The number of ether oxygens (including phenoxy) is 2. The topological polar surface area (TPSA) is 94.8 Å². The Morgan fingerprint density at radius 2 is 1.82 bits per heavy atom. The largest absolute Gasteiger partial charge is 0.482 e. The number of hydrogen-bond acceptors (Lipinski definition) is 6. The van der Waals surface area contributed by atoms with E-state index in [9.17, 15) is 14.4 Å². The molecule has 174 valence electrons. The van der Waals surface area contributed by atoms with Gasteiger partial charge < -0.3 is 19.2 Å². The molecule has 0 aliphatic heterocycles. The van der Waals surface area contributed by atoms with Crippen molar-refractivity contribution in [2.75, 3.05) is 6.61 Å². The second-order valence-corrected chi connectivity index (χ2v) is 9.19. The van der Waals surface area contributed by atoms with Crippen molar-refractivity contribution in [2.45, 2.75) is 46.6 Å². The summed E-state index contributed by atoms with van der Waals surface area (Å²) in [7, 11) is 0. The monoisotopic (exact) mass is 515 g/mol. The van der Waals surface area contributed by atoms with Crippen molar-refractivity contribution in [3.63, 3.8) is 0 Å². The van der Waals surface area contributed by atoms with Crippen molar-refractivity contribution >= 4 is 38.8 Å². The van der Waals surface area contributed by atoms with Crippen LogP contribution in [0, 0.1) is 6.92 Å². The zero-order valence-electron chi connectivity index (χ0n) is 19.2. The molecule has 0 aliphatic rings. The van der Waals surface area contributed by atoms with Gasteiger partial charge in [0.05, 0.1) is 0 Å². The summed E-state index contributed by atoms with van der Waals surface area (Å²) in [6.07, 6.45) is 0. The molecule has 1 amide bonds. The van der Waals surface area contributed by atoms with Crippen LogP contribution in [0.5, 0.6) is 11.5 Å². The van der Waals surface area contributed by atoms with E-state index in [-0.39, 0.29) is 35.5 Å². The first-order valence-corrected chi connectivity index (χ1v) is 11.4. The van der Waals surface area contributed by atoms with Crippen LogP contribution in [0.3, 0.4) is 0 Å². The van der Waals surface area contributed by atoms with E-state index < -0.39 is 17.5 Å². The Bertz CT molecular complexity index is 1260. The Morgan fingerprint density at radius 3 is 2.48 bits per heavy atom. The van der Waals surface area contributed by atoms with Gasteiger partial charge in [0.15, 0.2) is 6.61 Å². The second kappa shape index (κ2) is 10.2. The lowest BCUT2D eigenvalue weighted by molar-refractivity contribution is -0.136. The van der Waals surface area contributed by atoms with Gasteiger partial charge in [0.1, 0.15) is 22.6 Å². The van der Waals surface area contributed by atoms with Crippen LogP contribution in [0.1, 0.15) is 55.1 Å². The van der Waals surface area contributed by atoms with E-state index >= 15 is 0 Å². The van der Waals surface area contributed by atoms with Crippen LogP contribution in [0.25, 0.3) is 11.0 Å². The Kier molecular flexibility index (Phi) is 7.58. The minimum Gasteiger partial charge on any atom is -0.482 e. The number of carbonyl (C=O) groups is 2. The molecule has 3 rings (SSSR count). The molecule has 0 unspecified atom stereocenters. The minimum absolute atomic E-state index is 0.0832. The molecule has 0 atom stereocenters. The van der Waals surface area contributed by atoms with Gasteiger partial charge in [0.25, 0.3) is 5.91 Å². The quantitative estimate of drug-likeness (QED) is 0.267. The van der Waals surface area contributed by atoms with Gasteiger partial charge >= 0.3 is 11.6 Å². The summed E-state index contributed by atoms with van der Waals surface area (Å²) >= 11 is 3.52. The lowest BCUT2D eigenvalue weighted by atomic mass is 10.0. The molecule has 0 saturated heterocycles. The third-order valence-corrected chi connectivity index (χ3v) is 5.72. The fourth-order valence-corrected chi connectivity index (χ4v) is 3.56. The van der Waals surface area contributed by atoms with E-state index in [0.717, 1.165) is 15.6 Å². The SMILES string of the molecule is Cc1cc(OCC(=O)Oc2ccc3cc(C(=O)NC(C)C)c(=O)oc3c2)c(C(C)C)cc1Br. The molecule has 0 fully saturated rings. The number of amides is 1. The highest BCUT2D eigenvalue weighted by Gasteiger charge is 2.16. The molecule has 0 bridgehead atoms. The third kappa shape index (κ3) is 6.01. The molecule has 0 radical (unpaired) electrons. The van der Waals surface area contributed by atoms with Crippen molar-refractivity contribution in [1.82, 2.24) is 5.32 Å². The number of aryl methyl sites for hydroxylation is 1. The predicted molar refractivity (Wildman–Crippen MR) is 129 cm³/mol. The van der Waals surface area contributed by atoms with E-state index in [2.05, 4.69) is 21.2 Å². The second-order valence-electron chi connectivity index (χ2n) is 8.33. The van der Waals surface area contributed by atoms with Gasteiger partial charge in [0, 0.05) is 22.0 Å². The number of halogens is 1. The van der Waals surface area contributed by atoms with Crippen molar-refractivity contribution in [2.24, 2.45) is 0 Å². The van der Waals surface area contributed by atoms with Crippen LogP contribution < -0.4 is 20.4 Å². The zero-order chi connectivity index (χ0) is 24.3. The number of hydrogen-bond donors (Lipinski definition) is 1. The van der Waals surface area contributed by atoms with Gasteiger partial charge in [0.2, 0.25) is 0 Å². The zero-order valence-corrected chi connectivity index (χ0v) is 20.7. The number of benzene rings is 2. The Morgan fingerprint density at radius 1 is 1.09 bits per heavy atom. The molecule has 8 heteroatoms. The summed E-state index contributed by atoms with van der Waals surface area (Å²) < 4.78 is 17.3. The number of rotatable bonds is 7. The van der Waals surface area contributed by atoms with Crippen LogP contribution in [-0.4, -0.2) is 24.5 Å². The van der Waals surface area contributed by atoms with Gasteiger partial charge in [-0.25, -0.2) is 9.59 Å². The molecular formula is C25H26BrNO6. The highest BCUT2D eigenvalue weighted by atomic mass is 79.9. The summed E-state index contributed by atoms with van der Waals surface area (Å²) in [6.45, 7) is 9.35. The van der Waals surface area contributed by atoms with Crippen molar-refractivity contribution < 1.29 is 23.5 Å². The molecule has 1 aromatic heterocycles. The van der Waals surface area contributed by atoms with Crippen molar-refractivity contribution in [3.8, 4) is 11.5 Å². The fourth-order valence-electron chi connectivity index (χ4n) is 3.20. The number of carbonyl (C=O) groups excluding carboxylic acids is 2. The first-order chi connectivity index (χ1) is 15.5. The third-order valence-electron chi connectivity index (χ3n) is 4.86. The Balaban J connectivity index is 1.73. The molecule has 2 aromatic carbocycles.